The minimum atomic E-state index is 0.320. The molecule has 0 atom stereocenters. The molecular weight excluding hydrogens is 164 g/mol. The summed E-state index contributed by atoms with van der Waals surface area (Å²) in [5.74, 6) is 0.320. The fourth-order valence-corrected chi connectivity index (χ4v) is 1.72. The summed E-state index contributed by atoms with van der Waals surface area (Å²) in [7, 11) is 0. The summed E-state index contributed by atoms with van der Waals surface area (Å²) >= 11 is 0. The number of nitrogens with zero attached hydrogens (tertiary/aromatic N) is 2. The van der Waals surface area contributed by atoms with Gasteiger partial charge in [0.25, 0.3) is 0 Å². The molecule has 1 aliphatic rings. The molecule has 3 nitrogen and oxygen atoms in total. The van der Waals surface area contributed by atoms with Gasteiger partial charge in [0.1, 0.15) is 0 Å². The van der Waals surface area contributed by atoms with E-state index in [1.807, 2.05) is 0 Å². The number of rotatable bonds is 1. The van der Waals surface area contributed by atoms with Gasteiger partial charge in [-0.2, -0.15) is 0 Å². The number of aldehydes is 1. The summed E-state index contributed by atoms with van der Waals surface area (Å²) in [6.45, 7) is 0. The predicted molar refractivity (Wildman–Crippen MR) is 48.7 cm³/mol. The van der Waals surface area contributed by atoms with Gasteiger partial charge in [-0.1, -0.05) is 6.42 Å². The van der Waals surface area contributed by atoms with Crippen LogP contribution in [0.1, 0.15) is 41.1 Å². The third-order valence-electron chi connectivity index (χ3n) is 2.44. The first kappa shape index (κ1) is 8.35. The summed E-state index contributed by atoms with van der Waals surface area (Å²) in [6.07, 6.45) is 8.24. The number of aromatic nitrogens is 2. The van der Waals surface area contributed by atoms with Crippen molar-refractivity contribution in [3.63, 3.8) is 0 Å². The number of hydrogen-bond acceptors (Lipinski definition) is 3. The molecule has 0 saturated heterocycles. The number of aryl methyl sites for hydroxylation is 2. The first-order chi connectivity index (χ1) is 6.40. The van der Waals surface area contributed by atoms with Crippen LogP contribution in [-0.2, 0) is 12.8 Å². The zero-order chi connectivity index (χ0) is 9.10. The maximum Gasteiger partial charge on any atom is 0.192 e. The maximum atomic E-state index is 10.5. The number of carbonyl (C=O) groups excluding carboxylic acids is 1. The summed E-state index contributed by atoms with van der Waals surface area (Å²) < 4.78 is 0. The van der Waals surface area contributed by atoms with E-state index in [0.29, 0.717) is 12.1 Å². The Bertz CT molecular complexity index is 323. The van der Waals surface area contributed by atoms with E-state index < -0.39 is 0 Å². The van der Waals surface area contributed by atoms with Gasteiger partial charge in [0, 0.05) is 11.9 Å². The zero-order valence-electron chi connectivity index (χ0n) is 7.49. The lowest BCUT2D eigenvalue weighted by Crippen LogP contribution is -2.01. The Labute approximate surface area is 77.2 Å². The molecule has 13 heavy (non-hydrogen) atoms. The molecule has 3 heteroatoms. The maximum absolute atomic E-state index is 10.5. The van der Waals surface area contributed by atoms with Crippen LogP contribution < -0.4 is 0 Å². The Kier molecular flexibility index (Phi) is 2.34. The lowest BCUT2D eigenvalue weighted by molar-refractivity contribution is 0.111. The molecular formula is C10H12N2O. The lowest BCUT2D eigenvalue weighted by atomic mass is 10.1. The molecule has 0 bridgehead atoms. The Morgan fingerprint density at radius 1 is 1.23 bits per heavy atom. The standard InChI is InChI=1S/C10H12N2O/c13-7-10-11-6-8-4-2-1-3-5-9(8)12-10/h6-7H,1-5H2. The molecule has 2 rings (SSSR count). The van der Waals surface area contributed by atoms with Crippen molar-refractivity contribution < 1.29 is 4.79 Å². The van der Waals surface area contributed by atoms with Gasteiger partial charge in [-0.05, 0) is 31.2 Å². The molecule has 1 aromatic heterocycles. The molecule has 0 saturated carbocycles. The normalized spacial score (nSPS) is 16.0. The largest absolute Gasteiger partial charge is 0.294 e. The van der Waals surface area contributed by atoms with E-state index in [4.69, 9.17) is 0 Å². The topological polar surface area (TPSA) is 42.9 Å². The van der Waals surface area contributed by atoms with Crippen molar-refractivity contribution in [2.75, 3.05) is 0 Å². The Morgan fingerprint density at radius 2 is 2.08 bits per heavy atom. The fraction of sp³-hybridized carbons (Fsp3) is 0.500. The second-order valence-corrected chi connectivity index (χ2v) is 3.38. The lowest BCUT2D eigenvalue weighted by Gasteiger charge is -2.02. The quantitative estimate of drug-likeness (QED) is 0.481. The molecule has 0 spiro atoms. The summed E-state index contributed by atoms with van der Waals surface area (Å²) in [5, 5.41) is 0. The third kappa shape index (κ3) is 1.74. The first-order valence-electron chi connectivity index (χ1n) is 4.70. The van der Waals surface area contributed by atoms with Crippen LogP contribution in [0.5, 0.6) is 0 Å². The van der Waals surface area contributed by atoms with Gasteiger partial charge in [-0.3, -0.25) is 4.79 Å². The molecule has 0 aliphatic heterocycles. The van der Waals surface area contributed by atoms with Crippen molar-refractivity contribution in [1.29, 1.82) is 0 Å². The molecule has 0 aromatic carbocycles. The van der Waals surface area contributed by atoms with Gasteiger partial charge >= 0.3 is 0 Å². The first-order valence-corrected chi connectivity index (χ1v) is 4.70. The second kappa shape index (κ2) is 3.64. The second-order valence-electron chi connectivity index (χ2n) is 3.38. The van der Waals surface area contributed by atoms with Crippen LogP contribution in [0.4, 0.5) is 0 Å². The predicted octanol–water partition coefficient (Wildman–Crippen LogP) is 1.56. The zero-order valence-corrected chi connectivity index (χ0v) is 7.49. The molecule has 0 fully saturated rings. The minimum Gasteiger partial charge on any atom is -0.294 e. The molecule has 0 N–H and O–H groups in total. The highest BCUT2D eigenvalue weighted by Crippen LogP contribution is 2.17. The average molecular weight is 176 g/mol. The van der Waals surface area contributed by atoms with E-state index >= 15 is 0 Å². The van der Waals surface area contributed by atoms with Crippen LogP contribution in [0.15, 0.2) is 6.20 Å². The Morgan fingerprint density at radius 3 is 2.92 bits per heavy atom. The van der Waals surface area contributed by atoms with Gasteiger partial charge in [-0.15, -0.1) is 0 Å². The Balaban J connectivity index is 2.37. The average Bonchev–Trinajstić information content (AvgIpc) is 2.41. The van der Waals surface area contributed by atoms with Crippen molar-refractivity contribution in [3.05, 3.63) is 23.3 Å². The highest BCUT2D eigenvalue weighted by molar-refractivity contribution is 5.68. The summed E-state index contributed by atoms with van der Waals surface area (Å²) in [6, 6.07) is 0. The molecule has 0 amide bonds. The van der Waals surface area contributed by atoms with E-state index in [-0.39, 0.29) is 0 Å². The van der Waals surface area contributed by atoms with E-state index in [2.05, 4.69) is 9.97 Å². The van der Waals surface area contributed by atoms with Crippen LogP contribution in [0.3, 0.4) is 0 Å². The Hall–Kier alpha value is -1.25. The van der Waals surface area contributed by atoms with E-state index in [0.717, 1.165) is 18.5 Å². The molecule has 1 heterocycles. The number of fused-ring (bicyclic) bond motifs is 1. The molecule has 0 radical (unpaired) electrons. The SMILES string of the molecule is O=Cc1ncc2c(n1)CCCCC2. The van der Waals surface area contributed by atoms with Crippen molar-refractivity contribution in [3.8, 4) is 0 Å². The highest BCUT2D eigenvalue weighted by atomic mass is 16.1. The summed E-state index contributed by atoms with van der Waals surface area (Å²) in [5.41, 5.74) is 2.30. The fourth-order valence-electron chi connectivity index (χ4n) is 1.72. The van der Waals surface area contributed by atoms with Gasteiger partial charge < -0.3 is 0 Å². The molecule has 1 aliphatic carbocycles. The van der Waals surface area contributed by atoms with Gasteiger partial charge in [0.15, 0.2) is 12.1 Å². The number of hydrogen-bond donors (Lipinski definition) is 0. The van der Waals surface area contributed by atoms with Crippen LogP contribution in [-0.4, -0.2) is 16.3 Å². The van der Waals surface area contributed by atoms with E-state index in [1.165, 1.54) is 24.8 Å². The van der Waals surface area contributed by atoms with Crippen LogP contribution in [0.25, 0.3) is 0 Å². The van der Waals surface area contributed by atoms with Gasteiger partial charge in [0.05, 0.1) is 0 Å². The van der Waals surface area contributed by atoms with Crippen molar-refractivity contribution in [1.82, 2.24) is 9.97 Å². The minimum absolute atomic E-state index is 0.320. The summed E-state index contributed by atoms with van der Waals surface area (Å²) in [4.78, 5) is 18.6. The van der Waals surface area contributed by atoms with Crippen molar-refractivity contribution >= 4 is 6.29 Å². The van der Waals surface area contributed by atoms with Crippen molar-refractivity contribution in [2.24, 2.45) is 0 Å². The molecule has 1 aromatic rings. The third-order valence-corrected chi connectivity index (χ3v) is 2.44. The smallest absolute Gasteiger partial charge is 0.192 e. The van der Waals surface area contributed by atoms with Crippen LogP contribution in [0.2, 0.25) is 0 Å². The number of carbonyl (C=O) groups is 1. The van der Waals surface area contributed by atoms with E-state index in [1.54, 1.807) is 6.20 Å². The van der Waals surface area contributed by atoms with Gasteiger partial charge in [-0.25, -0.2) is 9.97 Å². The van der Waals surface area contributed by atoms with Crippen LogP contribution in [0, 0.1) is 0 Å². The van der Waals surface area contributed by atoms with E-state index in [9.17, 15) is 4.79 Å². The van der Waals surface area contributed by atoms with Crippen LogP contribution >= 0.6 is 0 Å². The van der Waals surface area contributed by atoms with Crippen molar-refractivity contribution in [2.45, 2.75) is 32.1 Å². The van der Waals surface area contributed by atoms with Gasteiger partial charge in [0.2, 0.25) is 0 Å². The monoisotopic (exact) mass is 176 g/mol. The molecule has 0 unspecified atom stereocenters. The molecule has 68 valence electrons. The highest BCUT2D eigenvalue weighted by Gasteiger charge is 2.09.